The molecule has 1 aromatic carbocycles. The lowest BCUT2D eigenvalue weighted by Gasteiger charge is -2.11. The first-order chi connectivity index (χ1) is 7.59. The van der Waals surface area contributed by atoms with Crippen LogP contribution in [0.2, 0.25) is 0 Å². The third-order valence-electron chi connectivity index (χ3n) is 2.02. The van der Waals surface area contributed by atoms with Gasteiger partial charge in [-0.3, -0.25) is 10.1 Å². The van der Waals surface area contributed by atoms with Crippen LogP contribution in [0.5, 0.6) is 0 Å². The fourth-order valence-corrected chi connectivity index (χ4v) is 1.17. The van der Waals surface area contributed by atoms with Gasteiger partial charge in [-0.15, -0.1) is 0 Å². The van der Waals surface area contributed by atoms with Gasteiger partial charge in [-0.05, 0) is 17.7 Å². The lowest BCUT2D eigenvalue weighted by molar-refractivity contribution is -0.402. The topological polar surface area (TPSA) is 46.4 Å². The van der Waals surface area contributed by atoms with Gasteiger partial charge in [-0.2, -0.15) is 0 Å². The molecule has 0 radical (unpaired) electrons. The molecule has 4 heteroatoms. The molecule has 0 aliphatic carbocycles. The van der Waals surface area contributed by atoms with Gasteiger partial charge in [0, 0.05) is 25.9 Å². The van der Waals surface area contributed by atoms with Crippen LogP contribution in [-0.2, 0) is 0 Å². The summed E-state index contributed by atoms with van der Waals surface area (Å²) < 4.78 is 0. The van der Waals surface area contributed by atoms with Crippen molar-refractivity contribution >= 4 is 11.8 Å². The lowest BCUT2D eigenvalue weighted by atomic mass is 10.2. The molecule has 16 heavy (non-hydrogen) atoms. The number of allylic oxidation sites excluding steroid dienone is 2. The van der Waals surface area contributed by atoms with Crippen molar-refractivity contribution in [1.29, 1.82) is 0 Å². The Balaban J connectivity index is 2.65. The van der Waals surface area contributed by atoms with E-state index in [9.17, 15) is 10.1 Å². The van der Waals surface area contributed by atoms with Gasteiger partial charge < -0.3 is 4.90 Å². The first-order valence-corrected chi connectivity index (χ1v) is 4.85. The zero-order chi connectivity index (χ0) is 12.0. The zero-order valence-corrected chi connectivity index (χ0v) is 9.33. The van der Waals surface area contributed by atoms with E-state index >= 15 is 0 Å². The van der Waals surface area contributed by atoms with Crippen molar-refractivity contribution in [3.8, 4) is 0 Å². The molecular weight excluding hydrogens is 204 g/mol. The summed E-state index contributed by atoms with van der Waals surface area (Å²) in [4.78, 5) is 11.5. The number of nitrogens with zero attached hydrogens (tertiary/aromatic N) is 2. The summed E-state index contributed by atoms with van der Waals surface area (Å²) in [5.41, 5.74) is 2.14. The highest BCUT2D eigenvalue weighted by Crippen LogP contribution is 2.12. The minimum Gasteiger partial charge on any atom is -0.378 e. The average Bonchev–Trinajstić information content (AvgIpc) is 2.25. The maximum absolute atomic E-state index is 10.0. The number of benzene rings is 1. The monoisotopic (exact) mass is 218 g/mol. The molecule has 0 aliphatic rings. The summed E-state index contributed by atoms with van der Waals surface area (Å²) in [7, 11) is 3.95. The summed E-state index contributed by atoms with van der Waals surface area (Å²) in [6.45, 7) is 0. The van der Waals surface area contributed by atoms with Crippen LogP contribution in [0.25, 0.3) is 6.08 Å². The summed E-state index contributed by atoms with van der Waals surface area (Å²) in [5.74, 6) is 0. The molecule has 0 saturated heterocycles. The van der Waals surface area contributed by atoms with Gasteiger partial charge in [-0.1, -0.05) is 24.3 Å². The van der Waals surface area contributed by atoms with Crippen LogP contribution in [0.4, 0.5) is 5.69 Å². The second kappa shape index (κ2) is 5.70. The van der Waals surface area contributed by atoms with E-state index in [1.54, 1.807) is 6.08 Å². The maximum atomic E-state index is 10.0. The molecule has 0 heterocycles. The fourth-order valence-electron chi connectivity index (χ4n) is 1.17. The summed E-state index contributed by atoms with van der Waals surface area (Å²) in [6, 6.07) is 7.92. The van der Waals surface area contributed by atoms with Gasteiger partial charge in [0.1, 0.15) is 0 Å². The molecule has 0 aliphatic heterocycles. The molecule has 0 atom stereocenters. The van der Waals surface area contributed by atoms with Crippen molar-refractivity contribution in [3.05, 3.63) is 58.3 Å². The van der Waals surface area contributed by atoms with Crippen molar-refractivity contribution in [1.82, 2.24) is 0 Å². The highest BCUT2D eigenvalue weighted by Gasteiger charge is 1.92. The van der Waals surface area contributed by atoms with Crippen LogP contribution in [0.1, 0.15) is 5.56 Å². The minimum absolute atomic E-state index is 0.487. The normalized spacial score (nSPS) is 11.1. The number of anilines is 1. The summed E-state index contributed by atoms with van der Waals surface area (Å²) >= 11 is 0. The van der Waals surface area contributed by atoms with Gasteiger partial charge in [0.2, 0.25) is 6.20 Å². The first-order valence-electron chi connectivity index (χ1n) is 4.85. The second-order valence-corrected chi connectivity index (χ2v) is 3.47. The Hall–Kier alpha value is -2.10. The van der Waals surface area contributed by atoms with Crippen LogP contribution in [0.15, 0.2) is 42.6 Å². The number of hydrogen-bond acceptors (Lipinski definition) is 3. The standard InChI is InChI=1S/C12H14N2O2/c1-13(2)12-8-6-11(7-9-12)5-3-4-10-14(15)16/h3-10H,1-2H3. The van der Waals surface area contributed by atoms with E-state index in [4.69, 9.17) is 0 Å². The molecule has 4 nitrogen and oxygen atoms in total. The minimum atomic E-state index is -0.487. The van der Waals surface area contributed by atoms with E-state index in [1.165, 1.54) is 6.08 Å². The average molecular weight is 218 g/mol. The first kappa shape index (κ1) is 12.0. The number of hydrogen-bond donors (Lipinski definition) is 0. The molecule has 0 unspecified atom stereocenters. The van der Waals surface area contributed by atoms with Gasteiger partial charge in [0.25, 0.3) is 0 Å². The van der Waals surface area contributed by atoms with Crippen molar-refractivity contribution in [2.24, 2.45) is 0 Å². The Bertz CT molecular complexity index is 406. The molecule has 0 N–H and O–H groups in total. The Labute approximate surface area is 94.7 Å². The van der Waals surface area contributed by atoms with Gasteiger partial charge in [-0.25, -0.2) is 0 Å². The second-order valence-electron chi connectivity index (χ2n) is 3.47. The number of rotatable bonds is 4. The van der Waals surface area contributed by atoms with Crippen molar-refractivity contribution in [2.45, 2.75) is 0 Å². The third-order valence-corrected chi connectivity index (χ3v) is 2.02. The molecular formula is C12H14N2O2. The van der Waals surface area contributed by atoms with E-state index in [-0.39, 0.29) is 0 Å². The molecule has 0 bridgehead atoms. The van der Waals surface area contributed by atoms with Crippen LogP contribution < -0.4 is 4.90 Å². The van der Waals surface area contributed by atoms with Gasteiger partial charge >= 0.3 is 0 Å². The fraction of sp³-hybridized carbons (Fsp3) is 0.167. The zero-order valence-electron chi connectivity index (χ0n) is 9.33. The molecule has 0 amide bonds. The molecule has 0 spiro atoms. The van der Waals surface area contributed by atoms with E-state index < -0.39 is 4.92 Å². The van der Waals surface area contributed by atoms with Crippen LogP contribution in [0, 0.1) is 10.1 Å². The van der Waals surface area contributed by atoms with E-state index in [2.05, 4.69) is 0 Å². The highest BCUT2D eigenvalue weighted by atomic mass is 16.6. The Kier molecular flexibility index (Phi) is 4.27. The van der Waals surface area contributed by atoms with Gasteiger partial charge in [0.05, 0.1) is 4.92 Å². The predicted molar refractivity (Wildman–Crippen MR) is 65.9 cm³/mol. The molecule has 0 saturated carbocycles. The summed E-state index contributed by atoms with van der Waals surface area (Å²) in [6.07, 6.45) is 5.78. The number of nitro groups is 1. The Morgan fingerprint density at radius 3 is 2.31 bits per heavy atom. The SMILES string of the molecule is CN(C)c1ccc(C=CC=C[N+](=O)[O-])cc1. The third kappa shape index (κ3) is 3.96. The van der Waals surface area contributed by atoms with Crippen LogP contribution >= 0.6 is 0 Å². The Morgan fingerprint density at radius 1 is 1.19 bits per heavy atom. The maximum Gasteiger partial charge on any atom is 0.234 e. The molecule has 0 aromatic heterocycles. The van der Waals surface area contributed by atoms with Gasteiger partial charge in [0.15, 0.2) is 0 Å². The smallest absolute Gasteiger partial charge is 0.234 e. The van der Waals surface area contributed by atoms with E-state index in [0.29, 0.717) is 0 Å². The molecule has 1 rings (SSSR count). The van der Waals surface area contributed by atoms with Crippen molar-refractivity contribution in [3.63, 3.8) is 0 Å². The van der Waals surface area contributed by atoms with E-state index in [1.807, 2.05) is 49.3 Å². The highest BCUT2D eigenvalue weighted by molar-refractivity contribution is 5.56. The van der Waals surface area contributed by atoms with E-state index in [0.717, 1.165) is 17.5 Å². The quantitative estimate of drug-likeness (QED) is 0.443. The predicted octanol–water partition coefficient (Wildman–Crippen LogP) is 2.56. The van der Waals surface area contributed by atoms with Crippen LogP contribution in [0.3, 0.4) is 0 Å². The van der Waals surface area contributed by atoms with Crippen LogP contribution in [-0.4, -0.2) is 19.0 Å². The lowest BCUT2D eigenvalue weighted by Crippen LogP contribution is -2.07. The molecule has 1 aromatic rings. The molecule has 84 valence electrons. The van der Waals surface area contributed by atoms with Crippen molar-refractivity contribution in [2.75, 3.05) is 19.0 Å². The molecule has 0 fully saturated rings. The summed E-state index contributed by atoms with van der Waals surface area (Å²) in [5, 5.41) is 10.0. The Morgan fingerprint density at radius 2 is 1.81 bits per heavy atom. The van der Waals surface area contributed by atoms with Crippen molar-refractivity contribution < 1.29 is 4.92 Å². The largest absolute Gasteiger partial charge is 0.378 e.